The molecule has 2 aromatic rings. The molecular weight excluding hydrogens is 293 g/mol. The first-order valence-corrected chi connectivity index (χ1v) is 5.56. The van der Waals surface area contributed by atoms with E-state index in [1.54, 1.807) is 0 Å². The minimum Gasteiger partial charge on any atom is -0.219 e. The number of alkyl halides is 5. The monoisotopic (exact) mass is 299 g/mol. The number of nitriles is 1. The number of rotatable bonds is 2. The van der Waals surface area contributed by atoms with Gasteiger partial charge in [0.15, 0.2) is 0 Å². The third kappa shape index (κ3) is 3.31. The number of aromatic nitrogens is 2. The first-order valence-electron chi connectivity index (χ1n) is 5.56. The van der Waals surface area contributed by atoms with E-state index in [4.69, 9.17) is 5.26 Å². The Bertz CT molecular complexity index is 686. The highest BCUT2D eigenvalue weighted by Crippen LogP contribution is 2.31. The molecule has 0 atom stereocenters. The number of halogens is 5. The normalized spacial score (nSPS) is 11.5. The summed E-state index contributed by atoms with van der Waals surface area (Å²) in [6.07, 6.45) is -7.40. The summed E-state index contributed by atoms with van der Waals surface area (Å²) in [5.74, 6) is -0.470. The molecule has 0 saturated heterocycles. The van der Waals surface area contributed by atoms with Gasteiger partial charge in [0.2, 0.25) is 5.82 Å². The topological polar surface area (TPSA) is 49.6 Å². The van der Waals surface area contributed by atoms with Gasteiger partial charge in [-0.15, -0.1) is 0 Å². The number of benzene rings is 1. The summed E-state index contributed by atoms with van der Waals surface area (Å²) in [5, 5.41) is 8.70. The molecule has 1 aromatic carbocycles. The van der Waals surface area contributed by atoms with Crippen LogP contribution in [0.4, 0.5) is 22.0 Å². The van der Waals surface area contributed by atoms with Crippen LogP contribution in [-0.4, -0.2) is 9.97 Å². The molecule has 108 valence electrons. The van der Waals surface area contributed by atoms with E-state index in [9.17, 15) is 22.0 Å². The summed E-state index contributed by atoms with van der Waals surface area (Å²) in [6, 6.07) is 6.29. The number of hydrogen-bond donors (Lipinski definition) is 0. The first-order chi connectivity index (χ1) is 9.81. The van der Waals surface area contributed by atoms with Crippen molar-refractivity contribution in [1.29, 1.82) is 5.26 Å². The summed E-state index contributed by atoms with van der Waals surface area (Å²) in [5.41, 5.74) is -1.37. The predicted molar refractivity (Wildman–Crippen MR) is 62.1 cm³/mol. The Morgan fingerprint density at radius 3 is 2.14 bits per heavy atom. The number of hydrogen-bond acceptors (Lipinski definition) is 3. The van der Waals surface area contributed by atoms with Crippen LogP contribution in [0.25, 0.3) is 11.3 Å². The van der Waals surface area contributed by atoms with Gasteiger partial charge in [-0.25, -0.2) is 18.7 Å². The van der Waals surface area contributed by atoms with Gasteiger partial charge in [-0.2, -0.15) is 18.4 Å². The number of nitrogens with zero attached hydrogens (tertiary/aromatic N) is 3. The molecular formula is C13H6F5N3. The maximum atomic E-state index is 12.7. The van der Waals surface area contributed by atoms with Crippen molar-refractivity contribution in [2.75, 3.05) is 0 Å². The van der Waals surface area contributed by atoms with Crippen LogP contribution < -0.4 is 0 Å². The molecule has 0 fully saturated rings. The van der Waals surface area contributed by atoms with E-state index < -0.39 is 29.7 Å². The molecule has 0 aliphatic heterocycles. The molecule has 0 amide bonds. The maximum Gasteiger partial charge on any atom is 0.416 e. The van der Waals surface area contributed by atoms with Crippen LogP contribution in [0.15, 0.2) is 30.3 Å². The lowest BCUT2D eigenvalue weighted by atomic mass is 10.1. The maximum absolute atomic E-state index is 12.7. The molecule has 0 aliphatic rings. The van der Waals surface area contributed by atoms with E-state index in [-0.39, 0.29) is 11.3 Å². The smallest absolute Gasteiger partial charge is 0.219 e. The molecule has 0 aliphatic carbocycles. The molecule has 0 radical (unpaired) electrons. The van der Waals surface area contributed by atoms with E-state index >= 15 is 0 Å². The Morgan fingerprint density at radius 1 is 1.05 bits per heavy atom. The van der Waals surface area contributed by atoms with Gasteiger partial charge in [0.05, 0.1) is 11.3 Å². The largest absolute Gasteiger partial charge is 0.416 e. The molecule has 1 aromatic heterocycles. The summed E-state index contributed by atoms with van der Waals surface area (Å²) >= 11 is 0. The highest BCUT2D eigenvalue weighted by molar-refractivity contribution is 5.60. The molecule has 8 heteroatoms. The van der Waals surface area contributed by atoms with Gasteiger partial charge in [-0.3, -0.25) is 0 Å². The summed E-state index contributed by atoms with van der Waals surface area (Å²) < 4.78 is 62.6. The fourth-order valence-electron chi connectivity index (χ4n) is 1.61. The minimum absolute atomic E-state index is 0.0365. The molecule has 3 nitrogen and oxygen atoms in total. The molecule has 2 rings (SSSR count). The van der Waals surface area contributed by atoms with Gasteiger partial charge in [0.1, 0.15) is 11.8 Å². The van der Waals surface area contributed by atoms with Gasteiger partial charge < -0.3 is 0 Å². The highest BCUT2D eigenvalue weighted by Gasteiger charge is 2.30. The quantitative estimate of drug-likeness (QED) is 0.788. The van der Waals surface area contributed by atoms with Crippen LogP contribution in [0.5, 0.6) is 0 Å². The Hall–Kier alpha value is -2.56. The van der Waals surface area contributed by atoms with Crippen LogP contribution in [0, 0.1) is 11.3 Å². The second-order valence-corrected chi connectivity index (χ2v) is 3.99. The Morgan fingerprint density at radius 2 is 1.67 bits per heavy atom. The van der Waals surface area contributed by atoms with Crippen molar-refractivity contribution >= 4 is 0 Å². The summed E-state index contributed by atoms with van der Waals surface area (Å²) in [6.45, 7) is 0. The molecule has 0 N–H and O–H groups in total. The zero-order chi connectivity index (χ0) is 15.6. The van der Waals surface area contributed by atoms with Crippen LogP contribution in [0.3, 0.4) is 0 Å². The van der Waals surface area contributed by atoms with Crippen molar-refractivity contribution in [1.82, 2.24) is 9.97 Å². The average Bonchev–Trinajstić information content (AvgIpc) is 2.46. The van der Waals surface area contributed by atoms with Crippen LogP contribution in [0.2, 0.25) is 0 Å². The van der Waals surface area contributed by atoms with Gasteiger partial charge in [0, 0.05) is 5.56 Å². The zero-order valence-electron chi connectivity index (χ0n) is 10.2. The van der Waals surface area contributed by atoms with Gasteiger partial charge in [0.25, 0.3) is 6.43 Å². The highest BCUT2D eigenvalue weighted by atomic mass is 19.4. The van der Waals surface area contributed by atoms with Crippen molar-refractivity contribution < 1.29 is 22.0 Å². The predicted octanol–water partition coefficient (Wildman–Crippen LogP) is 3.97. The molecule has 21 heavy (non-hydrogen) atoms. The fourth-order valence-corrected chi connectivity index (χ4v) is 1.61. The summed E-state index contributed by atoms with van der Waals surface area (Å²) in [7, 11) is 0. The average molecular weight is 299 g/mol. The van der Waals surface area contributed by atoms with E-state index in [0.29, 0.717) is 0 Å². The zero-order valence-corrected chi connectivity index (χ0v) is 10.2. The molecule has 0 bridgehead atoms. The SMILES string of the molecule is N#Cc1nc(-c2ccc(C(F)(F)F)cc2)cc(C(F)F)n1. The van der Waals surface area contributed by atoms with Gasteiger partial charge in [-0.1, -0.05) is 12.1 Å². The van der Waals surface area contributed by atoms with E-state index in [0.717, 1.165) is 30.3 Å². The van der Waals surface area contributed by atoms with Crippen molar-refractivity contribution in [3.8, 4) is 17.3 Å². The van der Waals surface area contributed by atoms with Crippen LogP contribution in [-0.2, 0) is 6.18 Å². The lowest BCUT2D eigenvalue weighted by molar-refractivity contribution is -0.137. The van der Waals surface area contributed by atoms with Gasteiger partial charge in [-0.05, 0) is 18.2 Å². The molecule has 1 heterocycles. The summed E-state index contributed by atoms with van der Waals surface area (Å²) in [4.78, 5) is 7.04. The third-order valence-corrected chi connectivity index (χ3v) is 2.58. The van der Waals surface area contributed by atoms with Crippen molar-refractivity contribution in [2.45, 2.75) is 12.6 Å². The third-order valence-electron chi connectivity index (χ3n) is 2.58. The first kappa shape index (κ1) is 14.8. The molecule has 0 spiro atoms. The van der Waals surface area contributed by atoms with E-state index in [1.807, 2.05) is 0 Å². The fraction of sp³-hybridized carbons (Fsp3) is 0.154. The van der Waals surface area contributed by atoms with E-state index in [1.165, 1.54) is 6.07 Å². The van der Waals surface area contributed by atoms with Crippen molar-refractivity contribution in [3.63, 3.8) is 0 Å². The van der Waals surface area contributed by atoms with Gasteiger partial charge >= 0.3 is 6.18 Å². The second-order valence-electron chi connectivity index (χ2n) is 3.99. The second kappa shape index (κ2) is 5.44. The Labute approximate surface area is 115 Å². The van der Waals surface area contributed by atoms with Crippen molar-refractivity contribution in [2.24, 2.45) is 0 Å². The van der Waals surface area contributed by atoms with E-state index in [2.05, 4.69) is 9.97 Å². The lowest BCUT2D eigenvalue weighted by Gasteiger charge is -2.08. The minimum atomic E-state index is -4.49. The molecule has 0 saturated carbocycles. The van der Waals surface area contributed by atoms with Crippen LogP contribution >= 0.6 is 0 Å². The Kier molecular flexibility index (Phi) is 3.84. The standard InChI is InChI=1S/C13H6F5N3/c14-12(15)10-5-9(20-11(6-19)21-10)7-1-3-8(4-2-7)13(16,17)18/h1-5,12H. The lowest BCUT2D eigenvalue weighted by Crippen LogP contribution is -2.04. The van der Waals surface area contributed by atoms with Crippen molar-refractivity contribution in [3.05, 3.63) is 47.4 Å². The Balaban J connectivity index is 2.47. The van der Waals surface area contributed by atoms with Crippen LogP contribution in [0.1, 0.15) is 23.5 Å². The molecule has 0 unspecified atom stereocenters.